The third-order valence-electron chi connectivity index (χ3n) is 5.38. The molecule has 2 fully saturated rings. The van der Waals surface area contributed by atoms with Crippen LogP contribution in [0.15, 0.2) is 22.7 Å². The van der Waals surface area contributed by atoms with E-state index < -0.39 is 0 Å². The van der Waals surface area contributed by atoms with Crippen LogP contribution in [-0.4, -0.2) is 44.0 Å². The summed E-state index contributed by atoms with van der Waals surface area (Å²) in [5.74, 6) is 3.13. The molecular formula is C19H21N5O2. The molecule has 2 aliphatic rings. The number of likely N-dealkylation sites (tertiary alicyclic amines) is 1. The highest BCUT2D eigenvalue weighted by Crippen LogP contribution is 2.39. The normalized spacial score (nSPS) is 20.7. The number of aromatic amines is 1. The molecule has 0 radical (unpaired) electrons. The summed E-state index contributed by atoms with van der Waals surface area (Å²) in [4.78, 5) is 26.2. The molecule has 3 heterocycles. The smallest absolute Gasteiger partial charge is 0.258 e. The molecule has 1 aliphatic carbocycles. The molecule has 3 aromatic rings. The van der Waals surface area contributed by atoms with E-state index in [1.807, 2.05) is 23.1 Å². The molecule has 0 spiro atoms. The number of nitrogens with zero attached hydrogens (tertiary/aromatic N) is 4. The number of hydrogen-bond acceptors (Lipinski definition) is 5. The average Bonchev–Trinajstić information content (AvgIpc) is 3.23. The molecule has 2 aromatic heterocycles. The summed E-state index contributed by atoms with van der Waals surface area (Å²) in [6.45, 7) is 3.09. The van der Waals surface area contributed by atoms with Crippen molar-refractivity contribution in [2.75, 3.05) is 13.1 Å². The van der Waals surface area contributed by atoms with E-state index in [4.69, 9.17) is 4.52 Å². The monoisotopic (exact) mass is 351 g/mol. The Morgan fingerprint density at radius 2 is 2.12 bits per heavy atom. The van der Waals surface area contributed by atoms with Crippen molar-refractivity contribution in [1.29, 1.82) is 0 Å². The molecule has 1 saturated heterocycles. The van der Waals surface area contributed by atoms with Crippen LogP contribution in [0.5, 0.6) is 0 Å². The second kappa shape index (κ2) is 5.93. The van der Waals surface area contributed by atoms with E-state index in [9.17, 15) is 4.79 Å². The van der Waals surface area contributed by atoms with Gasteiger partial charge >= 0.3 is 0 Å². The third kappa shape index (κ3) is 2.77. The van der Waals surface area contributed by atoms with Crippen LogP contribution >= 0.6 is 0 Å². The molecule has 1 N–H and O–H groups in total. The molecule has 1 amide bonds. The minimum absolute atomic E-state index is 0.106. The van der Waals surface area contributed by atoms with E-state index in [0.29, 0.717) is 24.2 Å². The lowest BCUT2D eigenvalue weighted by Gasteiger charge is -2.30. The molecule has 7 heteroatoms. The first-order valence-corrected chi connectivity index (χ1v) is 9.26. The van der Waals surface area contributed by atoms with Crippen LogP contribution in [0.2, 0.25) is 0 Å². The van der Waals surface area contributed by atoms with Gasteiger partial charge in [-0.25, -0.2) is 4.98 Å². The average molecular weight is 351 g/mol. The number of carbonyl (C=O) groups excluding carboxylic acids is 1. The second-order valence-corrected chi connectivity index (χ2v) is 7.39. The Kier molecular flexibility index (Phi) is 3.55. The number of imidazole rings is 1. The number of rotatable bonds is 3. The Labute approximate surface area is 150 Å². The van der Waals surface area contributed by atoms with Gasteiger partial charge in [-0.2, -0.15) is 4.98 Å². The SMILES string of the molecule is CC(=O)N1CCCC(c2noc(-c3ccc4nc(C5CC5)[nH]c4c3)n2)C1. The first-order chi connectivity index (χ1) is 12.7. The van der Waals surface area contributed by atoms with Gasteiger partial charge in [-0.1, -0.05) is 5.16 Å². The maximum Gasteiger partial charge on any atom is 0.258 e. The molecular weight excluding hydrogens is 330 g/mol. The molecule has 0 bridgehead atoms. The summed E-state index contributed by atoms with van der Waals surface area (Å²) in [5, 5.41) is 4.18. The Hall–Kier alpha value is -2.70. The molecule has 7 nitrogen and oxygen atoms in total. The highest BCUT2D eigenvalue weighted by atomic mass is 16.5. The molecule has 1 unspecified atom stereocenters. The lowest BCUT2D eigenvalue weighted by atomic mass is 9.97. The van der Waals surface area contributed by atoms with Gasteiger partial charge in [0.05, 0.1) is 11.0 Å². The number of carbonyl (C=O) groups is 1. The van der Waals surface area contributed by atoms with Crippen molar-refractivity contribution in [2.45, 2.75) is 44.4 Å². The van der Waals surface area contributed by atoms with Gasteiger partial charge < -0.3 is 14.4 Å². The second-order valence-electron chi connectivity index (χ2n) is 7.39. The minimum atomic E-state index is 0.106. The quantitative estimate of drug-likeness (QED) is 0.783. The van der Waals surface area contributed by atoms with Gasteiger partial charge in [0.25, 0.3) is 5.89 Å². The fourth-order valence-electron chi connectivity index (χ4n) is 3.70. The molecule has 26 heavy (non-hydrogen) atoms. The van der Waals surface area contributed by atoms with Crippen molar-refractivity contribution < 1.29 is 9.32 Å². The Morgan fingerprint density at radius 1 is 1.23 bits per heavy atom. The predicted molar refractivity (Wildman–Crippen MR) is 95.6 cm³/mol. The van der Waals surface area contributed by atoms with Crippen molar-refractivity contribution in [3.63, 3.8) is 0 Å². The maximum atomic E-state index is 11.6. The van der Waals surface area contributed by atoms with Crippen molar-refractivity contribution in [2.24, 2.45) is 0 Å². The number of hydrogen-bond donors (Lipinski definition) is 1. The van der Waals surface area contributed by atoms with Gasteiger partial charge in [-0.3, -0.25) is 4.79 Å². The van der Waals surface area contributed by atoms with Crippen molar-refractivity contribution in [3.05, 3.63) is 29.8 Å². The first-order valence-electron chi connectivity index (χ1n) is 9.26. The van der Waals surface area contributed by atoms with Crippen LogP contribution in [0.25, 0.3) is 22.5 Å². The zero-order valence-electron chi connectivity index (χ0n) is 14.7. The standard InChI is InChI=1S/C19H21N5O2/c1-11(25)24-8-2-3-14(10-24)18-22-19(26-23-18)13-6-7-15-16(9-13)21-17(20-15)12-4-5-12/h6-7,9,12,14H,2-5,8,10H2,1H3,(H,20,21). The minimum Gasteiger partial charge on any atom is -0.342 e. The van der Waals surface area contributed by atoms with E-state index in [2.05, 4.69) is 20.1 Å². The zero-order valence-corrected chi connectivity index (χ0v) is 14.7. The zero-order chi connectivity index (χ0) is 17.7. The summed E-state index contributed by atoms with van der Waals surface area (Å²) in [6, 6.07) is 5.99. The van der Waals surface area contributed by atoms with Crippen molar-refractivity contribution in [1.82, 2.24) is 25.0 Å². The van der Waals surface area contributed by atoms with Crippen LogP contribution < -0.4 is 0 Å². The Balaban J connectivity index is 1.40. The number of nitrogens with one attached hydrogen (secondary N) is 1. The van der Waals surface area contributed by atoms with E-state index in [1.165, 1.54) is 12.8 Å². The third-order valence-corrected chi connectivity index (χ3v) is 5.38. The highest BCUT2D eigenvalue weighted by molar-refractivity contribution is 5.80. The van der Waals surface area contributed by atoms with Gasteiger partial charge in [0.1, 0.15) is 5.82 Å². The van der Waals surface area contributed by atoms with Gasteiger partial charge in [0.15, 0.2) is 5.82 Å². The number of benzene rings is 1. The Morgan fingerprint density at radius 3 is 2.92 bits per heavy atom. The predicted octanol–water partition coefficient (Wildman–Crippen LogP) is 3.22. The molecule has 5 rings (SSSR count). The van der Waals surface area contributed by atoms with E-state index in [1.54, 1.807) is 6.92 Å². The molecule has 1 aromatic carbocycles. The molecule has 134 valence electrons. The highest BCUT2D eigenvalue weighted by Gasteiger charge is 2.28. The molecule has 1 saturated carbocycles. The van der Waals surface area contributed by atoms with Crippen molar-refractivity contribution >= 4 is 16.9 Å². The topological polar surface area (TPSA) is 87.9 Å². The summed E-state index contributed by atoms with van der Waals surface area (Å²) in [5.41, 5.74) is 2.87. The van der Waals surface area contributed by atoms with Crippen LogP contribution in [0.4, 0.5) is 0 Å². The van der Waals surface area contributed by atoms with E-state index >= 15 is 0 Å². The van der Waals surface area contributed by atoms with Crippen LogP contribution in [-0.2, 0) is 4.79 Å². The van der Waals surface area contributed by atoms with Gasteiger partial charge in [-0.15, -0.1) is 0 Å². The van der Waals surface area contributed by atoms with Crippen molar-refractivity contribution in [3.8, 4) is 11.5 Å². The number of aromatic nitrogens is 4. The van der Waals surface area contributed by atoms with E-state index in [0.717, 1.165) is 41.8 Å². The summed E-state index contributed by atoms with van der Waals surface area (Å²) < 4.78 is 5.52. The van der Waals surface area contributed by atoms with E-state index in [-0.39, 0.29) is 11.8 Å². The first kappa shape index (κ1) is 15.5. The fourth-order valence-corrected chi connectivity index (χ4v) is 3.70. The van der Waals surface area contributed by atoms with Crippen LogP contribution in [0.3, 0.4) is 0 Å². The summed E-state index contributed by atoms with van der Waals surface area (Å²) >= 11 is 0. The van der Waals surface area contributed by atoms with Gasteiger partial charge in [0.2, 0.25) is 5.91 Å². The lowest BCUT2D eigenvalue weighted by Crippen LogP contribution is -2.37. The van der Waals surface area contributed by atoms with Crippen LogP contribution in [0.1, 0.15) is 56.1 Å². The Bertz CT molecular complexity index is 971. The number of fused-ring (bicyclic) bond motifs is 1. The van der Waals surface area contributed by atoms with Crippen LogP contribution in [0, 0.1) is 0 Å². The number of piperidine rings is 1. The number of H-pyrrole nitrogens is 1. The summed E-state index contributed by atoms with van der Waals surface area (Å²) in [7, 11) is 0. The number of amides is 1. The van der Waals surface area contributed by atoms with Gasteiger partial charge in [0, 0.05) is 37.4 Å². The molecule has 1 atom stereocenters. The fraction of sp³-hybridized carbons (Fsp3) is 0.474. The largest absolute Gasteiger partial charge is 0.342 e. The summed E-state index contributed by atoms with van der Waals surface area (Å²) in [6.07, 6.45) is 4.39. The lowest BCUT2D eigenvalue weighted by molar-refractivity contribution is -0.130. The van der Waals surface area contributed by atoms with Gasteiger partial charge in [-0.05, 0) is 43.9 Å². The maximum absolute atomic E-state index is 11.6. The molecule has 1 aliphatic heterocycles.